The minimum Gasteiger partial charge on any atom is -0.337 e. The van der Waals surface area contributed by atoms with Crippen molar-refractivity contribution in [3.05, 3.63) is 33.8 Å². The number of carbonyl (C=O) groups is 1. The third kappa shape index (κ3) is 3.70. The predicted octanol–water partition coefficient (Wildman–Crippen LogP) is 2.61. The zero-order chi connectivity index (χ0) is 12.3. The smallest absolute Gasteiger partial charge is 0.254 e. The van der Waals surface area contributed by atoms with Gasteiger partial charge >= 0.3 is 0 Å². The molecule has 1 N–H and O–H groups in total. The van der Waals surface area contributed by atoms with Crippen LogP contribution in [0.3, 0.4) is 0 Å². The third-order valence-corrected chi connectivity index (χ3v) is 3.54. The molecule has 100 valence electrons. The van der Waals surface area contributed by atoms with Crippen LogP contribution < -0.4 is 5.32 Å². The van der Waals surface area contributed by atoms with Crippen LogP contribution in [0.5, 0.6) is 0 Å². The van der Waals surface area contributed by atoms with Gasteiger partial charge in [-0.2, -0.15) is 0 Å². The van der Waals surface area contributed by atoms with Crippen LogP contribution in [0, 0.1) is 6.92 Å². The number of halogens is 2. The van der Waals surface area contributed by atoms with Gasteiger partial charge in [0, 0.05) is 29.7 Å². The van der Waals surface area contributed by atoms with Gasteiger partial charge in [-0.1, -0.05) is 15.9 Å². The van der Waals surface area contributed by atoms with E-state index in [9.17, 15) is 4.79 Å². The van der Waals surface area contributed by atoms with Gasteiger partial charge in [-0.15, -0.1) is 12.4 Å². The first-order valence-electron chi connectivity index (χ1n) is 5.94. The quantitative estimate of drug-likeness (QED) is 0.857. The summed E-state index contributed by atoms with van der Waals surface area (Å²) in [5.74, 6) is 0.152. The first kappa shape index (κ1) is 15.5. The Morgan fingerprint density at radius 2 is 2.11 bits per heavy atom. The highest BCUT2D eigenvalue weighted by molar-refractivity contribution is 9.10. The highest BCUT2D eigenvalue weighted by atomic mass is 79.9. The van der Waals surface area contributed by atoms with Crippen molar-refractivity contribution in [3.8, 4) is 0 Å². The average Bonchev–Trinajstić information content (AvgIpc) is 2.56. The number of nitrogens with zero attached hydrogens (tertiary/aromatic N) is 1. The van der Waals surface area contributed by atoms with E-state index in [0.717, 1.165) is 48.2 Å². The van der Waals surface area contributed by atoms with Crippen molar-refractivity contribution in [2.24, 2.45) is 0 Å². The molecule has 0 radical (unpaired) electrons. The number of carbonyl (C=O) groups excluding carboxylic acids is 1. The lowest BCUT2D eigenvalue weighted by atomic mass is 10.1. The number of hydrogen-bond acceptors (Lipinski definition) is 2. The van der Waals surface area contributed by atoms with Gasteiger partial charge in [-0.05, 0) is 43.7 Å². The highest BCUT2D eigenvalue weighted by Crippen LogP contribution is 2.17. The Morgan fingerprint density at radius 1 is 1.33 bits per heavy atom. The second kappa shape index (κ2) is 7.12. The van der Waals surface area contributed by atoms with Gasteiger partial charge < -0.3 is 10.2 Å². The molecule has 1 aromatic rings. The molecule has 0 aromatic heterocycles. The molecular formula is C13H18BrClN2O. The Labute approximate surface area is 122 Å². The molecule has 1 fully saturated rings. The fourth-order valence-electron chi connectivity index (χ4n) is 2.09. The summed E-state index contributed by atoms with van der Waals surface area (Å²) in [6, 6.07) is 5.82. The molecule has 1 aliphatic rings. The second-order valence-corrected chi connectivity index (χ2v) is 5.27. The number of amides is 1. The summed E-state index contributed by atoms with van der Waals surface area (Å²) in [5.41, 5.74) is 1.84. The Bertz CT molecular complexity index is 417. The molecule has 0 atom stereocenters. The van der Waals surface area contributed by atoms with Crippen LogP contribution in [0.1, 0.15) is 22.3 Å². The maximum atomic E-state index is 12.4. The third-order valence-electron chi connectivity index (χ3n) is 3.05. The van der Waals surface area contributed by atoms with Crippen molar-refractivity contribution in [1.29, 1.82) is 0 Å². The van der Waals surface area contributed by atoms with Crippen LogP contribution in [0.25, 0.3) is 0 Å². The number of nitrogens with one attached hydrogen (secondary N) is 1. The van der Waals surface area contributed by atoms with E-state index >= 15 is 0 Å². The Hall–Kier alpha value is -0.580. The Balaban J connectivity index is 0.00000162. The largest absolute Gasteiger partial charge is 0.337 e. The molecule has 1 heterocycles. The van der Waals surface area contributed by atoms with E-state index in [1.54, 1.807) is 0 Å². The zero-order valence-corrected chi connectivity index (χ0v) is 12.8. The van der Waals surface area contributed by atoms with Crippen LogP contribution in [0.4, 0.5) is 0 Å². The van der Waals surface area contributed by atoms with E-state index in [2.05, 4.69) is 21.2 Å². The van der Waals surface area contributed by atoms with Crippen molar-refractivity contribution in [2.75, 3.05) is 26.2 Å². The van der Waals surface area contributed by atoms with Crippen molar-refractivity contribution < 1.29 is 4.79 Å². The summed E-state index contributed by atoms with van der Waals surface area (Å²) in [6.45, 7) is 5.52. The number of rotatable bonds is 1. The van der Waals surface area contributed by atoms with Crippen molar-refractivity contribution >= 4 is 34.2 Å². The van der Waals surface area contributed by atoms with Gasteiger partial charge in [-0.3, -0.25) is 4.79 Å². The maximum absolute atomic E-state index is 12.4. The lowest BCUT2D eigenvalue weighted by molar-refractivity contribution is 0.0765. The van der Waals surface area contributed by atoms with Crippen LogP contribution in [-0.4, -0.2) is 37.0 Å². The second-order valence-electron chi connectivity index (χ2n) is 4.35. The molecule has 5 heteroatoms. The van der Waals surface area contributed by atoms with Crippen LogP contribution >= 0.6 is 28.3 Å². The Kier molecular flexibility index (Phi) is 6.12. The summed E-state index contributed by atoms with van der Waals surface area (Å²) in [5, 5.41) is 3.31. The molecule has 0 unspecified atom stereocenters. The van der Waals surface area contributed by atoms with Crippen LogP contribution in [0.2, 0.25) is 0 Å². The fourth-order valence-corrected chi connectivity index (χ4v) is 2.56. The van der Waals surface area contributed by atoms with Gasteiger partial charge in [-0.25, -0.2) is 0 Å². The molecule has 3 nitrogen and oxygen atoms in total. The number of hydrogen-bond donors (Lipinski definition) is 1. The normalized spacial score (nSPS) is 15.8. The van der Waals surface area contributed by atoms with Crippen molar-refractivity contribution in [1.82, 2.24) is 10.2 Å². The molecule has 1 aliphatic heterocycles. The first-order valence-corrected chi connectivity index (χ1v) is 6.74. The monoisotopic (exact) mass is 332 g/mol. The van der Waals surface area contributed by atoms with E-state index in [-0.39, 0.29) is 18.3 Å². The molecule has 0 spiro atoms. The molecule has 1 amide bonds. The molecule has 1 saturated heterocycles. The first-order chi connectivity index (χ1) is 8.18. The van der Waals surface area contributed by atoms with Crippen molar-refractivity contribution in [3.63, 3.8) is 0 Å². The minimum absolute atomic E-state index is 0. The highest BCUT2D eigenvalue weighted by Gasteiger charge is 2.18. The molecule has 18 heavy (non-hydrogen) atoms. The summed E-state index contributed by atoms with van der Waals surface area (Å²) < 4.78 is 1.02. The summed E-state index contributed by atoms with van der Waals surface area (Å²) in [7, 11) is 0. The van der Waals surface area contributed by atoms with Gasteiger partial charge in [0.05, 0.1) is 0 Å². The predicted molar refractivity (Wildman–Crippen MR) is 79.5 cm³/mol. The topological polar surface area (TPSA) is 32.3 Å². The van der Waals surface area contributed by atoms with E-state index in [0.29, 0.717) is 0 Å². The lowest BCUT2D eigenvalue weighted by Gasteiger charge is -2.21. The van der Waals surface area contributed by atoms with Gasteiger partial charge in [0.15, 0.2) is 0 Å². The molecule has 0 bridgehead atoms. The molecular weight excluding hydrogens is 316 g/mol. The van der Waals surface area contributed by atoms with Gasteiger partial charge in [0.1, 0.15) is 0 Å². The van der Waals surface area contributed by atoms with Gasteiger partial charge in [0.2, 0.25) is 0 Å². The summed E-state index contributed by atoms with van der Waals surface area (Å²) >= 11 is 3.42. The SMILES string of the molecule is Cc1cc(Br)ccc1C(=O)N1CCCNCC1.Cl. The van der Waals surface area contributed by atoms with E-state index in [4.69, 9.17) is 0 Å². The van der Waals surface area contributed by atoms with E-state index in [1.165, 1.54) is 0 Å². The summed E-state index contributed by atoms with van der Waals surface area (Å²) in [4.78, 5) is 14.3. The number of benzene rings is 1. The fraction of sp³-hybridized carbons (Fsp3) is 0.462. The van der Waals surface area contributed by atoms with Crippen molar-refractivity contribution in [2.45, 2.75) is 13.3 Å². The molecule has 0 aliphatic carbocycles. The lowest BCUT2D eigenvalue weighted by Crippen LogP contribution is -2.34. The maximum Gasteiger partial charge on any atom is 0.254 e. The zero-order valence-electron chi connectivity index (χ0n) is 10.4. The standard InChI is InChI=1S/C13H17BrN2O.ClH/c1-10-9-11(14)3-4-12(10)13(17)16-7-2-5-15-6-8-16;/h3-4,9,15H,2,5-8H2,1H3;1H. The molecule has 2 rings (SSSR count). The molecule has 1 aromatic carbocycles. The van der Waals surface area contributed by atoms with E-state index < -0.39 is 0 Å². The Morgan fingerprint density at radius 3 is 2.83 bits per heavy atom. The number of aryl methyl sites for hydroxylation is 1. The van der Waals surface area contributed by atoms with E-state index in [1.807, 2.05) is 30.0 Å². The molecule has 0 saturated carbocycles. The van der Waals surface area contributed by atoms with Crippen LogP contribution in [-0.2, 0) is 0 Å². The van der Waals surface area contributed by atoms with Crippen LogP contribution in [0.15, 0.2) is 22.7 Å². The average molecular weight is 334 g/mol. The minimum atomic E-state index is 0. The van der Waals surface area contributed by atoms with Gasteiger partial charge in [0.25, 0.3) is 5.91 Å². The summed E-state index contributed by atoms with van der Waals surface area (Å²) in [6.07, 6.45) is 1.03.